The zero-order valence-electron chi connectivity index (χ0n) is 12.9. The molecular weight excluding hydrogens is 270 g/mol. The third kappa shape index (κ3) is 5.19. The molecular formula is C16H25NO4. The molecule has 1 aromatic carbocycles. The fraction of sp³-hybridized carbons (Fsp3) is 0.625. The molecule has 5 heteroatoms. The van der Waals surface area contributed by atoms with Crippen molar-refractivity contribution in [3.05, 3.63) is 23.8 Å². The van der Waals surface area contributed by atoms with Gasteiger partial charge in [0.15, 0.2) is 11.5 Å². The molecule has 0 aromatic heterocycles. The number of benzene rings is 1. The van der Waals surface area contributed by atoms with Crippen LogP contribution in [0.1, 0.15) is 18.4 Å². The van der Waals surface area contributed by atoms with Gasteiger partial charge in [0.25, 0.3) is 0 Å². The van der Waals surface area contributed by atoms with Crippen molar-refractivity contribution in [2.75, 3.05) is 40.6 Å². The van der Waals surface area contributed by atoms with E-state index >= 15 is 0 Å². The van der Waals surface area contributed by atoms with E-state index in [0.29, 0.717) is 13.2 Å². The highest BCUT2D eigenvalue weighted by Crippen LogP contribution is 2.30. The van der Waals surface area contributed by atoms with Gasteiger partial charge in [-0.05, 0) is 30.5 Å². The summed E-state index contributed by atoms with van der Waals surface area (Å²) in [7, 11) is 3.37. The van der Waals surface area contributed by atoms with Crippen LogP contribution in [0.5, 0.6) is 11.5 Å². The SMILES string of the molecule is COCCNCc1ccc(OC2CCCOC2)c(OC)c1. The highest BCUT2D eigenvalue weighted by atomic mass is 16.5. The van der Waals surface area contributed by atoms with Crippen LogP contribution in [0.25, 0.3) is 0 Å². The largest absolute Gasteiger partial charge is 0.493 e. The number of hydrogen-bond acceptors (Lipinski definition) is 5. The lowest BCUT2D eigenvalue weighted by molar-refractivity contribution is 0.00643. The maximum absolute atomic E-state index is 5.98. The molecule has 21 heavy (non-hydrogen) atoms. The molecule has 1 heterocycles. The molecule has 1 N–H and O–H groups in total. The topological polar surface area (TPSA) is 49.0 Å². The van der Waals surface area contributed by atoms with Crippen molar-refractivity contribution in [3.8, 4) is 11.5 Å². The van der Waals surface area contributed by atoms with Gasteiger partial charge in [-0.2, -0.15) is 0 Å². The fourth-order valence-corrected chi connectivity index (χ4v) is 2.31. The lowest BCUT2D eigenvalue weighted by Gasteiger charge is -2.24. The molecule has 1 aliphatic heterocycles. The average Bonchev–Trinajstić information content (AvgIpc) is 2.53. The van der Waals surface area contributed by atoms with E-state index in [4.69, 9.17) is 18.9 Å². The molecule has 0 spiro atoms. The molecule has 0 radical (unpaired) electrons. The van der Waals surface area contributed by atoms with Gasteiger partial charge in [0.1, 0.15) is 6.10 Å². The summed E-state index contributed by atoms with van der Waals surface area (Å²) in [5.41, 5.74) is 1.16. The van der Waals surface area contributed by atoms with Crippen LogP contribution in [-0.4, -0.2) is 46.7 Å². The van der Waals surface area contributed by atoms with Gasteiger partial charge >= 0.3 is 0 Å². The number of rotatable bonds is 8. The predicted molar refractivity (Wildman–Crippen MR) is 81.0 cm³/mol. The number of methoxy groups -OCH3 is 2. The minimum Gasteiger partial charge on any atom is -0.493 e. The molecule has 1 fully saturated rings. The van der Waals surface area contributed by atoms with Crippen LogP contribution in [0.3, 0.4) is 0 Å². The van der Waals surface area contributed by atoms with E-state index in [1.807, 2.05) is 12.1 Å². The zero-order valence-corrected chi connectivity index (χ0v) is 12.9. The van der Waals surface area contributed by atoms with Crippen molar-refractivity contribution in [3.63, 3.8) is 0 Å². The number of nitrogens with one attached hydrogen (secondary N) is 1. The molecule has 1 saturated heterocycles. The van der Waals surface area contributed by atoms with Gasteiger partial charge in [-0.25, -0.2) is 0 Å². The molecule has 1 aromatic rings. The molecule has 1 aliphatic rings. The summed E-state index contributed by atoms with van der Waals surface area (Å²) >= 11 is 0. The second-order valence-electron chi connectivity index (χ2n) is 5.11. The monoisotopic (exact) mass is 295 g/mol. The highest BCUT2D eigenvalue weighted by molar-refractivity contribution is 5.43. The molecule has 0 aliphatic carbocycles. The van der Waals surface area contributed by atoms with E-state index in [2.05, 4.69) is 11.4 Å². The molecule has 0 bridgehead atoms. The highest BCUT2D eigenvalue weighted by Gasteiger charge is 2.17. The molecule has 5 nitrogen and oxygen atoms in total. The smallest absolute Gasteiger partial charge is 0.161 e. The van der Waals surface area contributed by atoms with Crippen LogP contribution in [-0.2, 0) is 16.0 Å². The van der Waals surface area contributed by atoms with Gasteiger partial charge in [0, 0.05) is 26.8 Å². The third-order valence-electron chi connectivity index (χ3n) is 3.45. The fourth-order valence-electron chi connectivity index (χ4n) is 2.31. The van der Waals surface area contributed by atoms with Crippen molar-refractivity contribution in [1.82, 2.24) is 5.32 Å². The van der Waals surface area contributed by atoms with Crippen LogP contribution < -0.4 is 14.8 Å². The van der Waals surface area contributed by atoms with Crippen molar-refractivity contribution < 1.29 is 18.9 Å². The standard InChI is InChI=1S/C16H25NO4/c1-18-9-7-17-11-13-5-6-15(16(10-13)19-2)21-14-4-3-8-20-12-14/h5-6,10,14,17H,3-4,7-9,11-12H2,1-2H3. The Hall–Kier alpha value is -1.30. The van der Waals surface area contributed by atoms with Gasteiger partial charge in [0.2, 0.25) is 0 Å². The van der Waals surface area contributed by atoms with Crippen LogP contribution in [0.4, 0.5) is 0 Å². The first-order valence-corrected chi connectivity index (χ1v) is 7.44. The quantitative estimate of drug-likeness (QED) is 0.743. The molecule has 1 unspecified atom stereocenters. The third-order valence-corrected chi connectivity index (χ3v) is 3.45. The predicted octanol–water partition coefficient (Wildman–Crippen LogP) is 1.99. The lowest BCUT2D eigenvalue weighted by Crippen LogP contribution is -2.28. The summed E-state index contributed by atoms with van der Waals surface area (Å²) in [6.45, 7) is 3.82. The minimum atomic E-state index is 0.123. The Bertz CT molecular complexity index is 419. The molecule has 0 amide bonds. The van der Waals surface area contributed by atoms with E-state index < -0.39 is 0 Å². The Balaban J connectivity index is 1.92. The normalized spacial score (nSPS) is 18.5. The Kier molecular flexibility index (Phi) is 6.79. The van der Waals surface area contributed by atoms with Crippen LogP contribution in [0, 0.1) is 0 Å². The second-order valence-corrected chi connectivity index (χ2v) is 5.11. The van der Waals surface area contributed by atoms with E-state index in [1.165, 1.54) is 0 Å². The van der Waals surface area contributed by atoms with Crippen molar-refractivity contribution >= 4 is 0 Å². The summed E-state index contributed by atoms with van der Waals surface area (Å²) in [6, 6.07) is 6.04. The van der Waals surface area contributed by atoms with E-state index in [0.717, 1.165) is 49.6 Å². The lowest BCUT2D eigenvalue weighted by atomic mass is 10.1. The summed E-state index contributed by atoms with van der Waals surface area (Å²) in [6.07, 6.45) is 2.20. The van der Waals surface area contributed by atoms with E-state index in [1.54, 1.807) is 14.2 Å². The first-order chi connectivity index (χ1) is 10.3. The molecule has 1 atom stereocenters. The molecule has 2 rings (SSSR count). The molecule has 118 valence electrons. The first-order valence-electron chi connectivity index (χ1n) is 7.44. The van der Waals surface area contributed by atoms with E-state index in [-0.39, 0.29) is 6.10 Å². The Labute approximate surface area is 126 Å². The van der Waals surface area contributed by atoms with Gasteiger partial charge in [0.05, 0.1) is 20.3 Å². The first kappa shape index (κ1) is 16.1. The minimum absolute atomic E-state index is 0.123. The maximum Gasteiger partial charge on any atom is 0.161 e. The van der Waals surface area contributed by atoms with Gasteiger partial charge in [-0.3, -0.25) is 0 Å². The number of hydrogen-bond donors (Lipinski definition) is 1. The van der Waals surface area contributed by atoms with Crippen LogP contribution in [0.2, 0.25) is 0 Å². The van der Waals surface area contributed by atoms with Crippen LogP contribution >= 0.6 is 0 Å². The number of ether oxygens (including phenoxy) is 4. The van der Waals surface area contributed by atoms with Crippen LogP contribution in [0.15, 0.2) is 18.2 Å². The Morgan fingerprint density at radius 3 is 2.90 bits per heavy atom. The van der Waals surface area contributed by atoms with Gasteiger partial charge in [-0.15, -0.1) is 0 Å². The summed E-state index contributed by atoms with van der Waals surface area (Å²) in [5.74, 6) is 1.56. The summed E-state index contributed by atoms with van der Waals surface area (Å²) in [4.78, 5) is 0. The van der Waals surface area contributed by atoms with E-state index in [9.17, 15) is 0 Å². The van der Waals surface area contributed by atoms with Crippen molar-refractivity contribution in [2.24, 2.45) is 0 Å². The second kappa shape index (κ2) is 8.87. The Morgan fingerprint density at radius 2 is 2.19 bits per heavy atom. The average molecular weight is 295 g/mol. The summed E-state index contributed by atoms with van der Waals surface area (Å²) < 4.78 is 21.9. The maximum atomic E-state index is 5.98. The van der Waals surface area contributed by atoms with Crippen molar-refractivity contribution in [2.45, 2.75) is 25.5 Å². The zero-order chi connectivity index (χ0) is 14.9. The Morgan fingerprint density at radius 1 is 1.29 bits per heavy atom. The van der Waals surface area contributed by atoms with Gasteiger partial charge < -0.3 is 24.3 Å². The molecule has 0 saturated carbocycles. The van der Waals surface area contributed by atoms with Gasteiger partial charge in [-0.1, -0.05) is 6.07 Å². The van der Waals surface area contributed by atoms with Crippen molar-refractivity contribution in [1.29, 1.82) is 0 Å². The summed E-state index contributed by atoms with van der Waals surface area (Å²) in [5, 5.41) is 3.31.